The molecule has 6 aromatic rings. The summed E-state index contributed by atoms with van der Waals surface area (Å²) in [6.07, 6.45) is 0. The van der Waals surface area contributed by atoms with E-state index in [1.54, 1.807) is 12.1 Å². The highest BCUT2D eigenvalue weighted by Crippen LogP contribution is 2.33. The first-order valence-corrected chi connectivity index (χ1v) is 13.5. The molecule has 38 heavy (non-hydrogen) atoms. The number of nitrogens with zero attached hydrogens (tertiary/aromatic N) is 5. The maximum atomic E-state index is 11.7. The average Bonchev–Trinajstić information content (AvgIpc) is 3.53. The summed E-state index contributed by atoms with van der Waals surface area (Å²) in [6.45, 7) is 5.83. The molecule has 10 nitrogen and oxygen atoms in total. The van der Waals surface area contributed by atoms with Crippen molar-refractivity contribution < 1.29 is 18.1 Å². The zero-order chi connectivity index (χ0) is 26.6. The number of fused-ring (bicyclic) bond motifs is 4. The van der Waals surface area contributed by atoms with Gasteiger partial charge in [-0.1, -0.05) is 12.1 Å². The van der Waals surface area contributed by atoms with E-state index in [-0.39, 0.29) is 10.6 Å². The zero-order valence-electron chi connectivity index (χ0n) is 20.6. The number of nitrogens with one attached hydrogen (secondary N) is 1. The van der Waals surface area contributed by atoms with Gasteiger partial charge in [0, 0.05) is 30.2 Å². The van der Waals surface area contributed by atoms with Gasteiger partial charge in [-0.15, -0.1) is 10.2 Å². The molecule has 11 heteroatoms. The molecular weight excluding hydrogens is 504 g/mol. The number of aromatic amines is 1. The number of H-pyrrole nitrogens is 1. The van der Waals surface area contributed by atoms with Gasteiger partial charge in [-0.2, -0.15) is 13.2 Å². The highest BCUT2D eigenvalue weighted by Gasteiger charge is 2.16. The van der Waals surface area contributed by atoms with Crippen LogP contribution in [0.25, 0.3) is 49.9 Å². The summed E-state index contributed by atoms with van der Waals surface area (Å²) in [4.78, 5) is 11.4. The van der Waals surface area contributed by atoms with Crippen LogP contribution in [0.2, 0.25) is 0 Å². The minimum Gasteiger partial charge on any atom is -0.507 e. The standard InChI is InChI=1S/C27H24N6O4S/c1-3-32(4-2)17-7-10-20(25(34)14-17)27-28-22-12-8-18(13-24(22)29-27)33-30-23-11-6-16-5-9-19(38(35,36)37)15-21(16)26(23)31-33/h5-15,34H,3-4H2,1-2H3,(H,28,29)(H,35,36,37). The predicted octanol–water partition coefficient (Wildman–Crippen LogP) is 4.92. The van der Waals surface area contributed by atoms with Gasteiger partial charge >= 0.3 is 0 Å². The Labute approximate surface area is 217 Å². The summed E-state index contributed by atoms with van der Waals surface area (Å²) in [5, 5.41) is 21.2. The number of phenolic OH excluding ortho intramolecular Hbond substituents is 1. The van der Waals surface area contributed by atoms with E-state index in [1.165, 1.54) is 16.9 Å². The number of rotatable bonds is 6. The first-order chi connectivity index (χ1) is 18.2. The van der Waals surface area contributed by atoms with Gasteiger partial charge in [-0.3, -0.25) is 4.55 Å². The Balaban J connectivity index is 1.40. The summed E-state index contributed by atoms with van der Waals surface area (Å²) in [6, 6.07) is 19.1. The molecule has 0 aliphatic heterocycles. The lowest BCUT2D eigenvalue weighted by Crippen LogP contribution is -2.21. The van der Waals surface area contributed by atoms with Crippen LogP contribution >= 0.6 is 0 Å². The number of hydrogen-bond donors (Lipinski definition) is 3. The molecule has 0 fully saturated rings. The smallest absolute Gasteiger partial charge is 0.294 e. The van der Waals surface area contributed by atoms with Gasteiger partial charge in [0.05, 0.1) is 27.2 Å². The van der Waals surface area contributed by atoms with Crippen LogP contribution in [-0.4, -0.2) is 56.1 Å². The van der Waals surface area contributed by atoms with E-state index in [4.69, 9.17) is 0 Å². The summed E-state index contributed by atoms with van der Waals surface area (Å²) in [5.41, 5.74) is 4.76. The third-order valence-electron chi connectivity index (χ3n) is 6.70. The second-order valence-corrected chi connectivity index (χ2v) is 10.4. The van der Waals surface area contributed by atoms with Crippen LogP contribution in [0.1, 0.15) is 13.8 Å². The Hall–Kier alpha value is -4.48. The van der Waals surface area contributed by atoms with Gasteiger partial charge in [-0.25, -0.2) is 4.98 Å². The molecule has 6 rings (SSSR count). The lowest BCUT2D eigenvalue weighted by atomic mass is 10.1. The largest absolute Gasteiger partial charge is 0.507 e. The Bertz CT molecular complexity index is 1960. The fourth-order valence-electron chi connectivity index (χ4n) is 4.71. The second-order valence-electron chi connectivity index (χ2n) is 8.94. The second kappa shape index (κ2) is 8.82. The monoisotopic (exact) mass is 528 g/mol. The number of phenols is 1. The van der Waals surface area contributed by atoms with Gasteiger partial charge in [0.25, 0.3) is 10.1 Å². The van der Waals surface area contributed by atoms with Crippen LogP contribution in [0.15, 0.2) is 71.6 Å². The number of benzene rings is 4. The summed E-state index contributed by atoms with van der Waals surface area (Å²) >= 11 is 0. The minimum atomic E-state index is -4.35. The molecule has 0 aliphatic carbocycles. The molecule has 0 amide bonds. The van der Waals surface area contributed by atoms with Crippen LogP contribution < -0.4 is 4.90 Å². The molecule has 4 aromatic carbocycles. The molecule has 2 heterocycles. The predicted molar refractivity (Wildman–Crippen MR) is 146 cm³/mol. The number of aromatic nitrogens is 5. The molecule has 0 aliphatic rings. The van der Waals surface area contributed by atoms with E-state index in [0.717, 1.165) is 35.2 Å². The van der Waals surface area contributed by atoms with Crippen molar-refractivity contribution in [2.45, 2.75) is 18.7 Å². The van der Waals surface area contributed by atoms with Crippen molar-refractivity contribution in [2.75, 3.05) is 18.0 Å². The molecule has 3 N–H and O–H groups in total. The van der Waals surface area contributed by atoms with Crippen LogP contribution in [0.3, 0.4) is 0 Å². The minimum absolute atomic E-state index is 0.143. The van der Waals surface area contributed by atoms with E-state index in [0.29, 0.717) is 33.5 Å². The number of imidazole rings is 1. The Kier molecular flexibility index (Phi) is 5.55. The number of hydrogen-bond acceptors (Lipinski definition) is 7. The summed E-state index contributed by atoms with van der Waals surface area (Å²) < 4.78 is 32.8. The van der Waals surface area contributed by atoms with E-state index in [2.05, 4.69) is 38.9 Å². The molecule has 0 saturated heterocycles. The number of aromatic hydroxyl groups is 1. The third-order valence-corrected chi connectivity index (χ3v) is 7.55. The van der Waals surface area contributed by atoms with Crippen molar-refractivity contribution in [1.82, 2.24) is 25.0 Å². The van der Waals surface area contributed by atoms with Gasteiger partial charge < -0.3 is 15.0 Å². The van der Waals surface area contributed by atoms with Crippen molar-refractivity contribution in [1.29, 1.82) is 0 Å². The van der Waals surface area contributed by atoms with Crippen LogP contribution in [-0.2, 0) is 10.1 Å². The molecule has 0 bridgehead atoms. The Morgan fingerprint density at radius 1 is 0.921 bits per heavy atom. The fourth-order valence-corrected chi connectivity index (χ4v) is 5.21. The van der Waals surface area contributed by atoms with Gasteiger partial charge in [0.15, 0.2) is 0 Å². The summed E-state index contributed by atoms with van der Waals surface area (Å²) in [5.74, 6) is 0.688. The molecule has 0 spiro atoms. The molecule has 0 saturated carbocycles. The summed E-state index contributed by atoms with van der Waals surface area (Å²) in [7, 11) is -4.35. The Morgan fingerprint density at radius 3 is 2.42 bits per heavy atom. The maximum Gasteiger partial charge on any atom is 0.294 e. The Morgan fingerprint density at radius 2 is 1.68 bits per heavy atom. The van der Waals surface area contributed by atoms with Crippen LogP contribution in [0.4, 0.5) is 5.69 Å². The van der Waals surface area contributed by atoms with E-state index >= 15 is 0 Å². The van der Waals surface area contributed by atoms with Crippen LogP contribution in [0.5, 0.6) is 5.75 Å². The average molecular weight is 529 g/mol. The number of anilines is 1. The van der Waals surface area contributed by atoms with Gasteiger partial charge in [0.2, 0.25) is 0 Å². The molecule has 2 aromatic heterocycles. The normalized spacial score (nSPS) is 12.1. The van der Waals surface area contributed by atoms with E-state index < -0.39 is 10.1 Å². The highest BCUT2D eigenvalue weighted by atomic mass is 32.2. The molecule has 0 radical (unpaired) electrons. The van der Waals surface area contributed by atoms with Gasteiger partial charge in [0.1, 0.15) is 22.6 Å². The lowest BCUT2D eigenvalue weighted by Gasteiger charge is -2.21. The zero-order valence-corrected chi connectivity index (χ0v) is 21.4. The fraction of sp³-hybridized carbons (Fsp3) is 0.148. The van der Waals surface area contributed by atoms with Gasteiger partial charge in [-0.05, 0) is 67.8 Å². The first-order valence-electron chi connectivity index (χ1n) is 12.1. The molecule has 192 valence electrons. The van der Waals surface area contributed by atoms with Crippen molar-refractivity contribution in [3.8, 4) is 22.8 Å². The van der Waals surface area contributed by atoms with E-state index in [9.17, 15) is 18.1 Å². The molecule has 0 atom stereocenters. The quantitative estimate of drug-likeness (QED) is 0.259. The first kappa shape index (κ1) is 23.9. The van der Waals surface area contributed by atoms with Crippen molar-refractivity contribution in [3.05, 3.63) is 66.7 Å². The SMILES string of the molecule is CCN(CC)c1ccc(-c2nc3ccc(-n4nc5ccc6ccc(S(=O)(=O)O)cc6c5n4)cc3[nH]2)c(O)c1. The maximum absolute atomic E-state index is 11.7. The van der Waals surface area contributed by atoms with Crippen molar-refractivity contribution >= 4 is 48.6 Å². The van der Waals surface area contributed by atoms with Crippen LogP contribution in [0, 0.1) is 0 Å². The lowest BCUT2D eigenvalue weighted by molar-refractivity contribution is 0.476. The van der Waals surface area contributed by atoms with Crippen molar-refractivity contribution in [3.63, 3.8) is 0 Å². The van der Waals surface area contributed by atoms with Crippen molar-refractivity contribution in [2.24, 2.45) is 0 Å². The highest BCUT2D eigenvalue weighted by molar-refractivity contribution is 7.85. The molecular formula is C27H24N6O4S. The third kappa shape index (κ3) is 4.01. The van der Waals surface area contributed by atoms with E-state index in [1.807, 2.05) is 42.5 Å². The molecule has 0 unspecified atom stereocenters. The topological polar surface area (TPSA) is 137 Å².